The molecule has 2 rings (SSSR count). The van der Waals surface area contributed by atoms with Gasteiger partial charge in [-0.1, -0.05) is 27.2 Å². The summed E-state index contributed by atoms with van der Waals surface area (Å²) in [6.07, 6.45) is 5.10. The van der Waals surface area contributed by atoms with Crippen molar-refractivity contribution in [2.24, 2.45) is 12.5 Å². The molecular weight excluding hydrogens is 286 g/mol. The largest absolute Gasteiger partial charge is 0.352 e. The van der Waals surface area contributed by atoms with Gasteiger partial charge in [-0.2, -0.15) is 0 Å². The van der Waals surface area contributed by atoms with Crippen LogP contribution in [0.15, 0.2) is 17.2 Å². The number of rotatable bonds is 7. The van der Waals surface area contributed by atoms with Crippen LogP contribution in [0, 0.1) is 5.41 Å². The molecule has 1 aliphatic carbocycles. The van der Waals surface area contributed by atoms with Crippen molar-refractivity contribution in [2.75, 3.05) is 6.54 Å². The smallest absolute Gasteiger partial charge is 0.242 e. The summed E-state index contributed by atoms with van der Waals surface area (Å²) in [5.74, 6) is 0. The summed E-state index contributed by atoms with van der Waals surface area (Å²) in [5.41, 5.74) is 1.11. The van der Waals surface area contributed by atoms with Crippen molar-refractivity contribution in [1.29, 1.82) is 0 Å². The molecule has 1 aromatic heterocycles. The van der Waals surface area contributed by atoms with Gasteiger partial charge in [-0.25, -0.2) is 13.1 Å². The van der Waals surface area contributed by atoms with Crippen LogP contribution in [0.1, 0.15) is 45.7 Å². The quantitative estimate of drug-likeness (QED) is 0.809. The molecule has 0 atom stereocenters. The molecule has 0 saturated heterocycles. The lowest BCUT2D eigenvalue weighted by atomic mass is 9.71. The van der Waals surface area contributed by atoms with Crippen molar-refractivity contribution in [3.05, 3.63) is 18.0 Å². The van der Waals surface area contributed by atoms with E-state index >= 15 is 0 Å². The fraction of sp³-hybridized carbons (Fsp3) is 0.733. The molecule has 2 N–H and O–H groups in total. The third kappa shape index (κ3) is 4.08. The number of nitrogens with zero attached hydrogens (tertiary/aromatic N) is 1. The molecule has 0 bridgehead atoms. The zero-order chi connectivity index (χ0) is 15.7. The molecule has 1 aliphatic rings. The summed E-state index contributed by atoms with van der Waals surface area (Å²) in [5, 5.41) is 3.31. The molecule has 0 unspecified atom stereocenters. The van der Waals surface area contributed by atoms with Crippen molar-refractivity contribution < 1.29 is 8.42 Å². The maximum absolute atomic E-state index is 12.4. The van der Waals surface area contributed by atoms with E-state index in [-0.39, 0.29) is 5.41 Å². The fourth-order valence-corrected chi connectivity index (χ4v) is 3.81. The molecule has 1 heterocycles. The lowest BCUT2D eigenvalue weighted by Gasteiger charge is -2.38. The summed E-state index contributed by atoms with van der Waals surface area (Å²) in [6.45, 7) is 7.48. The Hall–Kier alpha value is -0.850. The molecule has 5 nitrogen and oxygen atoms in total. The summed E-state index contributed by atoms with van der Waals surface area (Å²) < 4.78 is 29.4. The van der Waals surface area contributed by atoms with Crippen LogP contribution in [-0.4, -0.2) is 25.6 Å². The molecule has 1 fully saturated rings. The van der Waals surface area contributed by atoms with Gasteiger partial charge < -0.3 is 9.88 Å². The lowest BCUT2D eigenvalue weighted by molar-refractivity contribution is 0.166. The first kappa shape index (κ1) is 16.5. The second-order valence-electron chi connectivity index (χ2n) is 6.80. The number of aryl methyl sites for hydroxylation is 1. The van der Waals surface area contributed by atoms with Crippen LogP contribution in [0.5, 0.6) is 0 Å². The molecule has 0 aliphatic heterocycles. The molecule has 0 aromatic carbocycles. The van der Waals surface area contributed by atoms with Crippen LogP contribution in [0.25, 0.3) is 0 Å². The molecule has 1 saturated carbocycles. The van der Waals surface area contributed by atoms with E-state index in [1.54, 1.807) is 12.3 Å². The van der Waals surface area contributed by atoms with E-state index in [4.69, 9.17) is 0 Å². The van der Waals surface area contributed by atoms with Gasteiger partial charge in [0.15, 0.2) is 0 Å². The number of hydrogen-bond acceptors (Lipinski definition) is 3. The molecular formula is C15H27N3O2S. The highest BCUT2D eigenvalue weighted by molar-refractivity contribution is 7.89. The summed E-state index contributed by atoms with van der Waals surface area (Å²) in [4.78, 5) is 0.355. The van der Waals surface area contributed by atoms with E-state index in [1.165, 1.54) is 6.42 Å². The predicted octanol–water partition coefficient (Wildman–Crippen LogP) is 1.99. The summed E-state index contributed by atoms with van der Waals surface area (Å²) in [6, 6.07) is 2.12. The second-order valence-corrected chi connectivity index (χ2v) is 8.57. The molecule has 0 radical (unpaired) electrons. The second kappa shape index (κ2) is 6.10. The van der Waals surface area contributed by atoms with Crippen LogP contribution in [0.3, 0.4) is 0 Å². The van der Waals surface area contributed by atoms with Gasteiger partial charge in [0.1, 0.15) is 0 Å². The van der Waals surface area contributed by atoms with Crippen LogP contribution < -0.4 is 10.0 Å². The van der Waals surface area contributed by atoms with Crippen LogP contribution >= 0.6 is 0 Å². The first-order chi connectivity index (χ1) is 9.72. The average Bonchev–Trinajstić information content (AvgIpc) is 2.74. The molecule has 1 aromatic rings. The van der Waals surface area contributed by atoms with Gasteiger partial charge in [0.2, 0.25) is 10.0 Å². The Morgan fingerprint density at radius 2 is 2.05 bits per heavy atom. The summed E-state index contributed by atoms with van der Waals surface area (Å²) in [7, 11) is -1.53. The predicted molar refractivity (Wildman–Crippen MR) is 84.5 cm³/mol. The highest BCUT2D eigenvalue weighted by Crippen LogP contribution is 2.39. The first-order valence-corrected chi connectivity index (χ1v) is 9.08. The van der Waals surface area contributed by atoms with Gasteiger partial charge in [-0.15, -0.1) is 0 Å². The third-order valence-corrected chi connectivity index (χ3v) is 5.70. The number of hydrogen-bond donors (Lipinski definition) is 2. The number of sulfonamides is 1. The highest BCUT2D eigenvalue weighted by Gasteiger charge is 2.33. The zero-order valence-corrected chi connectivity index (χ0v) is 14.3. The minimum Gasteiger partial charge on any atom is -0.352 e. The number of aromatic nitrogens is 1. The highest BCUT2D eigenvalue weighted by atomic mass is 32.2. The maximum atomic E-state index is 12.4. The molecule has 21 heavy (non-hydrogen) atoms. The first-order valence-electron chi connectivity index (χ1n) is 7.60. The monoisotopic (exact) mass is 313 g/mol. The van der Waals surface area contributed by atoms with Crippen LogP contribution in [0.4, 0.5) is 0 Å². The minimum absolute atomic E-state index is 0.143. The Morgan fingerprint density at radius 3 is 2.57 bits per heavy atom. The van der Waals surface area contributed by atoms with Crippen molar-refractivity contribution in [3.8, 4) is 0 Å². The van der Waals surface area contributed by atoms with E-state index in [0.717, 1.165) is 18.5 Å². The Labute approximate surface area is 128 Å². The van der Waals surface area contributed by atoms with Crippen molar-refractivity contribution in [3.63, 3.8) is 0 Å². The van der Waals surface area contributed by atoms with E-state index in [0.29, 0.717) is 24.0 Å². The Balaban J connectivity index is 2.04. The third-order valence-electron chi connectivity index (χ3n) is 4.33. The molecule has 120 valence electrons. The van der Waals surface area contributed by atoms with E-state index in [2.05, 4.69) is 30.8 Å². The SMILES string of the molecule is CC(C)NCc1cc(S(=O)(=O)NCC2(C)CCC2)cn1C. The lowest BCUT2D eigenvalue weighted by Crippen LogP contribution is -2.39. The zero-order valence-electron chi connectivity index (χ0n) is 13.4. The molecule has 6 heteroatoms. The van der Waals surface area contributed by atoms with Gasteiger partial charge in [0.05, 0.1) is 4.90 Å². The van der Waals surface area contributed by atoms with Crippen molar-refractivity contribution >= 4 is 10.0 Å². The normalized spacial score (nSPS) is 18.0. The van der Waals surface area contributed by atoms with Crippen LogP contribution in [-0.2, 0) is 23.6 Å². The van der Waals surface area contributed by atoms with E-state index in [1.807, 2.05) is 11.6 Å². The number of nitrogens with one attached hydrogen (secondary N) is 2. The van der Waals surface area contributed by atoms with Gasteiger partial charge in [-0.05, 0) is 24.3 Å². The minimum atomic E-state index is -3.41. The van der Waals surface area contributed by atoms with Crippen molar-refractivity contribution in [1.82, 2.24) is 14.6 Å². The summed E-state index contributed by atoms with van der Waals surface area (Å²) >= 11 is 0. The molecule has 0 spiro atoms. The average molecular weight is 313 g/mol. The van der Waals surface area contributed by atoms with E-state index in [9.17, 15) is 8.42 Å². The fourth-order valence-electron chi connectivity index (χ4n) is 2.52. The van der Waals surface area contributed by atoms with Gasteiger partial charge in [0.25, 0.3) is 0 Å². The topological polar surface area (TPSA) is 63.1 Å². The standard InChI is InChI=1S/C15H27N3O2S/c1-12(2)16-9-13-8-14(10-18(13)4)21(19,20)17-11-15(3)6-5-7-15/h8,10,12,16-17H,5-7,9,11H2,1-4H3. The molecule has 0 amide bonds. The maximum Gasteiger partial charge on any atom is 0.242 e. The Bertz CT molecular complexity index is 586. The van der Waals surface area contributed by atoms with E-state index < -0.39 is 10.0 Å². The van der Waals surface area contributed by atoms with Crippen molar-refractivity contribution in [2.45, 2.75) is 57.5 Å². The Kier molecular flexibility index (Phi) is 4.80. The van der Waals surface area contributed by atoms with Crippen LogP contribution in [0.2, 0.25) is 0 Å². The van der Waals surface area contributed by atoms with Gasteiger partial charge >= 0.3 is 0 Å². The van der Waals surface area contributed by atoms with Gasteiger partial charge in [0, 0.05) is 38.1 Å². The Morgan fingerprint density at radius 1 is 1.38 bits per heavy atom. The van der Waals surface area contributed by atoms with Gasteiger partial charge in [-0.3, -0.25) is 0 Å².